The number of aromatic nitrogens is 1. The van der Waals surface area contributed by atoms with Gasteiger partial charge in [-0.2, -0.15) is 0 Å². The molecule has 101 heavy (non-hydrogen) atoms. The largest absolute Gasteiger partial charge is 0.368 e. The lowest BCUT2D eigenvalue weighted by molar-refractivity contribution is -0.135. The van der Waals surface area contributed by atoms with Gasteiger partial charge in [-0.1, -0.05) is 18.2 Å². The standard InChI is InChI=1S/C64H104N20O17/c1-29(50(87)70-31(3)52(89)72-33(5)54(91)74-35(7)56(93)76-37(9)58(95)78-39(11)60(97)80-41(13)62(99)83-46(49(67)86)23-17-19-25-65)69-51(88)30(2)71-53(90)32(4)73-55(92)34(6)75-57(94)36(8)77-59(96)38(10)79-61(98)40(12)81-63(100)47(24-18-20-26-66)84-64(101)48(82-42(14)85)27-43-28-68-45-22-16-15-21-44(43)45/h15-16,21-22,28-41,46-48,68H,17-20,23-27,65-66H2,1-14H3,(H2,67,86)(H,69,88)(H,70,87)(H,71,90)(H,72,89)(H,73,92)(H,74,91)(H,75,94)(H,76,93)(H,77,96)(H,78,95)(H,79,98)(H,80,97)(H,81,100)(H,82,85)(H,83,99)(H,84,101)/t29-,30-,31-,32-,33-,34-,35-,36-,37-,38-,39-,40-,41-,46-,47-,48-/m0/s1. The summed E-state index contributed by atoms with van der Waals surface area (Å²) in [5.74, 6) is -13.2. The van der Waals surface area contributed by atoms with Crippen molar-refractivity contribution in [2.24, 2.45) is 17.2 Å². The molecular weight excluding hydrogens is 1320 g/mol. The number of hydrogen-bond donors (Lipinski definition) is 20. The molecule has 37 nitrogen and oxygen atoms in total. The number of carbonyl (C=O) groups excluding carboxylic acids is 17. The molecule has 23 N–H and O–H groups in total. The first-order valence-electron chi connectivity index (χ1n) is 33.3. The van der Waals surface area contributed by atoms with E-state index in [0.29, 0.717) is 38.8 Å². The van der Waals surface area contributed by atoms with Crippen LogP contribution in [0.15, 0.2) is 30.5 Å². The van der Waals surface area contributed by atoms with Gasteiger partial charge in [0.05, 0.1) is 0 Å². The fourth-order valence-electron chi connectivity index (χ4n) is 9.31. The summed E-state index contributed by atoms with van der Waals surface area (Å²) >= 11 is 0. The maximum atomic E-state index is 13.7. The van der Waals surface area contributed by atoms with Crippen molar-refractivity contribution in [1.82, 2.24) is 90.1 Å². The van der Waals surface area contributed by atoms with Crippen molar-refractivity contribution in [3.05, 3.63) is 36.0 Å². The monoisotopic (exact) mass is 1420 g/mol. The number of amides is 17. The van der Waals surface area contributed by atoms with E-state index in [9.17, 15) is 81.5 Å². The maximum absolute atomic E-state index is 13.7. The van der Waals surface area contributed by atoms with E-state index in [-0.39, 0.29) is 19.3 Å². The lowest BCUT2D eigenvalue weighted by atomic mass is 10.0. The Kier molecular flexibility index (Phi) is 36.6. The second-order valence-corrected chi connectivity index (χ2v) is 24.9. The fraction of sp³-hybridized carbons (Fsp3) is 0.609. The van der Waals surface area contributed by atoms with Crippen molar-refractivity contribution in [2.75, 3.05) is 13.1 Å². The number of primary amides is 1. The second-order valence-electron chi connectivity index (χ2n) is 24.9. The Balaban J connectivity index is 1.82. The molecule has 1 heterocycles. The highest BCUT2D eigenvalue weighted by atomic mass is 16.2. The lowest BCUT2D eigenvalue weighted by Gasteiger charge is -2.25. The predicted octanol–water partition coefficient (Wildman–Crippen LogP) is -6.51. The molecule has 0 saturated heterocycles. The molecule has 0 unspecified atom stereocenters. The first kappa shape index (κ1) is 86.8. The molecule has 1 aromatic carbocycles. The molecule has 1 aromatic heterocycles. The fourth-order valence-corrected chi connectivity index (χ4v) is 9.31. The van der Waals surface area contributed by atoms with Crippen molar-refractivity contribution in [3.63, 3.8) is 0 Å². The Bertz CT molecular complexity index is 3290. The Morgan fingerprint density at radius 3 is 0.822 bits per heavy atom. The molecule has 0 saturated carbocycles. The Morgan fingerprint density at radius 1 is 0.317 bits per heavy atom. The number of unbranched alkanes of at least 4 members (excludes halogenated alkanes) is 2. The SMILES string of the molecule is CC(=O)N[C@@H](Cc1c[nH]c2ccccc12)C(=O)N[C@@H](CCCCN)C(=O)N[C@@H](C)C(=O)N[C@@H](C)C(=O)N[C@@H](C)C(=O)N[C@@H](C)C(=O)N[C@@H](C)C(=O)N[C@@H](C)C(=O)N[C@@H](C)C(=O)N[C@@H](C)C(=O)N[C@@H](C)C(=O)N[C@@H](C)C(=O)N[C@@H](C)C(=O)N[C@@H](C)C(=O)N[C@@H](C)C(=O)N[C@@H](CCCCN)C(N)=O. The van der Waals surface area contributed by atoms with Crippen LogP contribution >= 0.6 is 0 Å². The number of nitrogens with one attached hydrogen (secondary N) is 17. The number of para-hydroxylation sites is 1. The van der Waals surface area contributed by atoms with Gasteiger partial charge in [-0.25, -0.2) is 0 Å². The van der Waals surface area contributed by atoms with Crippen LogP contribution in [0.2, 0.25) is 0 Å². The number of nitrogens with two attached hydrogens (primary N) is 3. The highest BCUT2D eigenvalue weighted by molar-refractivity contribution is 6.00. The van der Waals surface area contributed by atoms with E-state index in [4.69, 9.17) is 17.2 Å². The highest BCUT2D eigenvalue weighted by Gasteiger charge is 2.34. The van der Waals surface area contributed by atoms with Gasteiger partial charge in [-0.15, -0.1) is 0 Å². The van der Waals surface area contributed by atoms with Crippen molar-refractivity contribution >= 4 is 111 Å². The minimum Gasteiger partial charge on any atom is -0.368 e. The van der Waals surface area contributed by atoms with E-state index in [0.717, 1.165) is 16.5 Å². The molecule has 17 amide bonds. The van der Waals surface area contributed by atoms with Crippen molar-refractivity contribution in [1.29, 1.82) is 0 Å². The molecule has 0 aliphatic rings. The van der Waals surface area contributed by atoms with Gasteiger partial charge in [0.25, 0.3) is 0 Å². The van der Waals surface area contributed by atoms with E-state index in [2.05, 4.69) is 90.1 Å². The number of carbonyl (C=O) groups is 17. The van der Waals surface area contributed by atoms with Gasteiger partial charge in [0.15, 0.2) is 0 Å². The van der Waals surface area contributed by atoms with Crippen molar-refractivity contribution < 1.29 is 81.5 Å². The van der Waals surface area contributed by atoms with Gasteiger partial charge < -0.3 is 107 Å². The van der Waals surface area contributed by atoms with Crippen molar-refractivity contribution in [2.45, 2.75) is 239 Å². The van der Waals surface area contributed by atoms with Gasteiger partial charge in [-0.3, -0.25) is 81.5 Å². The summed E-state index contributed by atoms with van der Waals surface area (Å²) in [5.41, 5.74) is 18.1. The van der Waals surface area contributed by atoms with E-state index < -0.39 is 197 Å². The molecule has 0 radical (unpaired) electrons. The minimum atomic E-state index is -1.29. The van der Waals surface area contributed by atoms with Crippen LogP contribution in [0, 0.1) is 0 Å². The average molecular weight is 1430 g/mol. The maximum Gasteiger partial charge on any atom is 0.243 e. The third kappa shape index (κ3) is 30.0. The Hall–Kier alpha value is -10.3. The number of hydrogen-bond acceptors (Lipinski definition) is 19. The summed E-state index contributed by atoms with van der Waals surface area (Å²) in [6, 6.07) is -12.1. The number of aromatic amines is 1. The molecule has 0 aliphatic heterocycles. The zero-order valence-electron chi connectivity index (χ0n) is 59.7. The number of rotatable bonds is 42. The highest BCUT2D eigenvalue weighted by Crippen LogP contribution is 2.20. The van der Waals surface area contributed by atoms with Gasteiger partial charge in [-0.05, 0) is 153 Å². The number of fused-ring (bicyclic) bond motifs is 1. The van der Waals surface area contributed by atoms with Crippen LogP contribution < -0.4 is 102 Å². The van der Waals surface area contributed by atoms with Gasteiger partial charge >= 0.3 is 0 Å². The van der Waals surface area contributed by atoms with Crippen LogP contribution in [0.4, 0.5) is 0 Å². The molecule has 0 spiro atoms. The van der Waals surface area contributed by atoms with E-state index in [1.807, 2.05) is 24.3 Å². The smallest absolute Gasteiger partial charge is 0.243 e. The van der Waals surface area contributed by atoms with Gasteiger partial charge in [0.1, 0.15) is 96.7 Å². The summed E-state index contributed by atoms with van der Waals surface area (Å²) in [4.78, 5) is 224. The molecular formula is C64H104N20O17. The lowest BCUT2D eigenvalue weighted by Crippen LogP contribution is -2.59. The second kappa shape index (κ2) is 42.6. The summed E-state index contributed by atoms with van der Waals surface area (Å²) in [6.45, 7) is 18.9. The van der Waals surface area contributed by atoms with Gasteiger partial charge in [0, 0.05) is 30.4 Å². The number of benzene rings is 1. The van der Waals surface area contributed by atoms with Crippen LogP contribution in [-0.2, 0) is 87.9 Å². The predicted molar refractivity (Wildman–Crippen MR) is 367 cm³/mol. The van der Waals surface area contributed by atoms with Crippen molar-refractivity contribution in [3.8, 4) is 0 Å². The summed E-state index contributed by atoms with van der Waals surface area (Å²) in [6.07, 6.45) is 4.29. The van der Waals surface area contributed by atoms with Gasteiger partial charge in [0.2, 0.25) is 100 Å². The number of H-pyrrole nitrogens is 1. The van der Waals surface area contributed by atoms with E-state index >= 15 is 0 Å². The average Bonchev–Trinajstić information content (AvgIpc) is 1.70. The summed E-state index contributed by atoms with van der Waals surface area (Å²) in [5, 5.41) is 40.0. The molecule has 2 rings (SSSR count). The first-order valence-corrected chi connectivity index (χ1v) is 33.3. The van der Waals surface area contributed by atoms with E-state index in [1.165, 1.54) is 96.9 Å². The molecule has 0 aliphatic carbocycles. The molecule has 0 fully saturated rings. The minimum absolute atomic E-state index is 0.0976. The Morgan fingerprint density at radius 2 is 0.554 bits per heavy atom. The van der Waals surface area contributed by atoms with Crippen LogP contribution in [0.1, 0.15) is 141 Å². The third-order valence-corrected chi connectivity index (χ3v) is 15.8. The topological polar surface area (TPSA) is 577 Å². The van der Waals surface area contributed by atoms with Crippen LogP contribution in [0.25, 0.3) is 10.9 Å². The summed E-state index contributed by atoms with van der Waals surface area (Å²) in [7, 11) is 0. The molecule has 16 atom stereocenters. The normalized spacial score (nSPS) is 15.8. The zero-order valence-corrected chi connectivity index (χ0v) is 59.7. The summed E-state index contributed by atoms with van der Waals surface area (Å²) < 4.78 is 0. The van der Waals surface area contributed by atoms with Crippen LogP contribution in [-0.4, -0.2) is 215 Å². The zero-order chi connectivity index (χ0) is 76.7. The van der Waals surface area contributed by atoms with Crippen LogP contribution in [0.5, 0.6) is 0 Å². The van der Waals surface area contributed by atoms with E-state index in [1.54, 1.807) is 6.20 Å². The van der Waals surface area contributed by atoms with Crippen LogP contribution in [0.3, 0.4) is 0 Å². The first-order chi connectivity index (χ1) is 47.2. The molecule has 562 valence electrons. The molecule has 2 aromatic rings. The molecule has 37 heteroatoms. The third-order valence-electron chi connectivity index (χ3n) is 15.8. The molecule has 0 bridgehead atoms. The quantitative estimate of drug-likeness (QED) is 0.0275. The Labute approximate surface area is 585 Å².